The standard InChI is InChI=1S/C12H12F3N3O/c1-11(8-5-3-2-4-6-8)9(16)18(10(19)17-11)7-12(13,14)15/h2-6,16H,7H2,1H3,(H,17,19). The van der Waals surface area contributed by atoms with Gasteiger partial charge >= 0.3 is 12.2 Å². The number of alkyl halides is 3. The summed E-state index contributed by atoms with van der Waals surface area (Å²) in [6.07, 6.45) is -4.54. The topological polar surface area (TPSA) is 56.2 Å². The molecular weight excluding hydrogens is 259 g/mol. The van der Waals surface area contributed by atoms with Crippen LogP contribution in [0.15, 0.2) is 30.3 Å². The lowest BCUT2D eigenvalue weighted by Crippen LogP contribution is -2.42. The molecule has 7 heteroatoms. The molecule has 1 fully saturated rings. The van der Waals surface area contributed by atoms with Crippen LogP contribution in [0.25, 0.3) is 0 Å². The van der Waals surface area contributed by atoms with E-state index in [0.717, 1.165) is 0 Å². The molecule has 1 aromatic carbocycles. The molecule has 102 valence electrons. The summed E-state index contributed by atoms with van der Waals surface area (Å²) < 4.78 is 37.2. The van der Waals surface area contributed by atoms with Gasteiger partial charge in [0.1, 0.15) is 17.9 Å². The molecule has 1 aliphatic heterocycles. The molecule has 2 amide bonds. The van der Waals surface area contributed by atoms with Crippen LogP contribution >= 0.6 is 0 Å². The SMILES string of the molecule is CC1(c2ccccc2)NC(=O)N(CC(F)(F)F)C1=N. The number of halogens is 3. The van der Waals surface area contributed by atoms with Crippen molar-refractivity contribution in [2.24, 2.45) is 0 Å². The molecule has 1 heterocycles. The van der Waals surface area contributed by atoms with Gasteiger partial charge in [-0.15, -0.1) is 0 Å². The molecule has 19 heavy (non-hydrogen) atoms. The van der Waals surface area contributed by atoms with Gasteiger partial charge in [-0.05, 0) is 12.5 Å². The minimum Gasteiger partial charge on any atom is -0.321 e. The molecule has 1 saturated heterocycles. The van der Waals surface area contributed by atoms with Crippen LogP contribution in [0.4, 0.5) is 18.0 Å². The highest BCUT2D eigenvalue weighted by atomic mass is 19.4. The first-order valence-electron chi connectivity index (χ1n) is 5.55. The van der Waals surface area contributed by atoms with E-state index in [0.29, 0.717) is 10.5 Å². The molecule has 1 aromatic rings. The lowest BCUT2D eigenvalue weighted by atomic mass is 9.92. The van der Waals surface area contributed by atoms with E-state index >= 15 is 0 Å². The summed E-state index contributed by atoms with van der Waals surface area (Å²) in [5.74, 6) is -0.402. The number of carbonyl (C=O) groups excluding carboxylic acids is 1. The van der Waals surface area contributed by atoms with Gasteiger partial charge in [-0.3, -0.25) is 10.3 Å². The van der Waals surface area contributed by atoms with Gasteiger partial charge < -0.3 is 5.32 Å². The minimum absolute atomic E-state index is 0.402. The van der Waals surface area contributed by atoms with Crippen molar-refractivity contribution in [1.29, 1.82) is 5.41 Å². The summed E-state index contributed by atoms with van der Waals surface area (Å²) in [5.41, 5.74) is -0.665. The summed E-state index contributed by atoms with van der Waals surface area (Å²) in [5, 5.41) is 10.3. The largest absolute Gasteiger partial charge is 0.406 e. The first-order valence-corrected chi connectivity index (χ1v) is 5.55. The van der Waals surface area contributed by atoms with Crippen molar-refractivity contribution in [1.82, 2.24) is 10.2 Å². The van der Waals surface area contributed by atoms with Crippen molar-refractivity contribution < 1.29 is 18.0 Å². The third kappa shape index (κ3) is 2.40. The van der Waals surface area contributed by atoms with Crippen molar-refractivity contribution in [3.63, 3.8) is 0 Å². The molecule has 0 aliphatic carbocycles. The predicted molar refractivity (Wildman–Crippen MR) is 62.8 cm³/mol. The Kier molecular flexibility index (Phi) is 3.00. The van der Waals surface area contributed by atoms with Crippen LogP contribution < -0.4 is 5.32 Å². The number of hydrogen-bond acceptors (Lipinski definition) is 2. The van der Waals surface area contributed by atoms with E-state index in [1.54, 1.807) is 30.3 Å². The van der Waals surface area contributed by atoms with Crippen molar-refractivity contribution in [3.05, 3.63) is 35.9 Å². The first kappa shape index (κ1) is 13.4. The van der Waals surface area contributed by atoms with Crippen LogP contribution in [0.2, 0.25) is 0 Å². The quantitative estimate of drug-likeness (QED) is 0.853. The van der Waals surface area contributed by atoms with Gasteiger partial charge in [0, 0.05) is 0 Å². The second-order valence-corrected chi connectivity index (χ2v) is 4.47. The lowest BCUT2D eigenvalue weighted by Gasteiger charge is -2.25. The van der Waals surface area contributed by atoms with Crippen LogP contribution in [-0.4, -0.2) is 29.5 Å². The van der Waals surface area contributed by atoms with Gasteiger partial charge in [0.15, 0.2) is 0 Å². The Labute approximate surface area is 107 Å². The summed E-state index contributed by atoms with van der Waals surface area (Å²) in [4.78, 5) is 12.0. The molecule has 1 atom stereocenters. The fourth-order valence-electron chi connectivity index (χ4n) is 2.02. The number of hydrogen-bond donors (Lipinski definition) is 2. The normalized spacial score (nSPS) is 23.7. The highest BCUT2D eigenvalue weighted by molar-refractivity contribution is 6.08. The number of amides is 2. The third-order valence-electron chi connectivity index (χ3n) is 3.03. The van der Waals surface area contributed by atoms with Crippen molar-refractivity contribution in [2.75, 3.05) is 6.54 Å². The van der Waals surface area contributed by atoms with E-state index in [4.69, 9.17) is 5.41 Å². The average molecular weight is 271 g/mol. The summed E-state index contributed by atoms with van der Waals surface area (Å²) in [7, 11) is 0. The molecule has 1 unspecified atom stereocenters. The predicted octanol–water partition coefficient (Wildman–Crippen LogP) is 2.47. The molecule has 2 N–H and O–H groups in total. The highest BCUT2D eigenvalue weighted by Crippen LogP contribution is 2.30. The second kappa shape index (κ2) is 4.25. The Morgan fingerprint density at radius 3 is 2.42 bits per heavy atom. The van der Waals surface area contributed by atoms with Gasteiger partial charge in [0.25, 0.3) is 0 Å². The summed E-state index contributed by atoms with van der Waals surface area (Å²) in [6.45, 7) is 0.0546. The first-order chi connectivity index (χ1) is 8.74. The van der Waals surface area contributed by atoms with E-state index in [9.17, 15) is 18.0 Å². The van der Waals surface area contributed by atoms with Crippen molar-refractivity contribution >= 4 is 11.9 Å². The Bertz CT molecular complexity index is 515. The summed E-state index contributed by atoms with van der Waals surface area (Å²) >= 11 is 0. The van der Waals surface area contributed by atoms with Crippen LogP contribution in [0.5, 0.6) is 0 Å². The van der Waals surface area contributed by atoms with Gasteiger partial charge in [-0.2, -0.15) is 13.2 Å². The number of amidine groups is 1. The maximum Gasteiger partial charge on any atom is 0.406 e. The number of carbonyl (C=O) groups is 1. The van der Waals surface area contributed by atoms with Crippen molar-refractivity contribution in [3.8, 4) is 0 Å². The van der Waals surface area contributed by atoms with Crippen molar-refractivity contribution in [2.45, 2.75) is 18.6 Å². The van der Waals surface area contributed by atoms with Gasteiger partial charge in [-0.1, -0.05) is 30.3 Å². The Morgan fingerprint density at radius 2 is 1.89 bits per heavy atom. The molecule has 0 bridgehead atoms. The van der Waals surface area contributed by atoms with Gasteiger partial charge in [0.2, 0.25) is 0 Å². The van der Waals surface area contributed by atoms with E-state index in [2.05, 4.69) is 5.32 Å². The molecule has 1 aliphatic rings. The number of urea groups is 1. The number of benzene rings is 1. The Hall–Kier alpha value is -2.05. The lowest BCUT2D eigenvalue weighted by molar-refractivity contribution is -0.133. The maximum atomic E-state index is 12.4. The Balaban J connectivity index is 2.32. The monoisotopic (exact) mass is 271 g/mol. The molecule has 0 aromatic heterocycles. The zero-order valence-corrected chi connectivity index (χ0v) is 10.1. The van der Waals surface area contributed by atoms with E-state index in [-0.39, 0.29) is 0 Å². The fourth-order valence-corrected chi connectivity index (χ4v) is 2.02. The van der Waals surface area contributed by atoms with Crippen LogP contribution in [0, 0.1) is 5.41 Å². The van der Waals surface area contributed by atoms with E-state index in [1.807, 2.05) is 0 Å². The van der Waals surface area contributed by atoms with Crippen LogP contribution in [0.1, 0.15) is 12.5 Å². The average Bonchev–Trinajstić information content (AvgIpc) is 2.54. The molecule has 0 radical (unpaired) electrons. The third-order valence-corrected chi connectivity index (χ3v) is 3.03. The summed E-state index contributed by atoms with van der Waals surface area (Å²) in [6, 6.07) is 7.56. The van der Waals surface area contributed by atoms with Gasteiger partial charge in [-0.25, -0.2) is 4.79 Å². The zero-order chi connectivity index (χ0) is 14.3. The van der Waals surface area contributed by atoms with Crippen LogP contribution in [0.3, 0.4) is 0 Å². The molecular formula is C12H12F3N3O. The molecule has 4 nitrogen and oxygen atoms in total. The molecule has 0 saturated carbocycles. The van der Waals surface area contributed by atoms with E-state index in [1.165, 1.54) is 6.92 Å². The Morgan fingerprint density at radius 1 is 1.32 bits per heavy atom. The number of nitrogens with zero attached hydrogens (tertiary/aromatic N) is 1. The van der Waals surface area contributed by atoms with E-state index < -0.39 is 30.1 Å². The highest BCUT2D eigenvalue weighted by Gasteiger charge is 2.49. The number of rotatable bonds is 2. The fraction of sp³-hybridized carbons (Fsp3) is 0.333. The van der Waals surface area contributed by atoms with Crippen LogP contribution in [-0.2, 0) is 5.54 Å². The minimum atomic E-state index is -4.54. The second-order valence-electron chi connectivity index (χ2n) is 4.47. The van der Waals surface area contributed by atoms with Gasteiger partial charge in [0.05, 0.1) is 0 Å². The molecule has 2 rings (SSSR count). The smallest absolute Gasteiger partial charge is 0.321 e. The number of nitrogens with one attached hydrogen (secondary N) is 2. The zero-order valence-electron chi connectivity index (χ0n) is 10.1. The maximum absolute atomic E-state index is 12.4. The molecule has 0 spiro atoms.